The van der Waals surface area contributed by atoms with Crippen LogP contribution in [0.25, 0.3) is 0 Å². The van der Waals surface area contributed by atoms with Crippen molar-refractivity contribution in [3.63, 3.8) is 0 Å². The van der Waals surface area contributed by atoms with Gasteiger partial charge in [0, 0.05) is 5.92 Å². The minimum atomic E-state index is 0.326. The van der Waals surface area contributed by atoms with Gasteiger partial charge in [-0.1, -0.05) is 60.8 Å². The molecule has 1 aliphatic heterocycles. The lowest BCUT2D eigenvalue weighted by Gasteiger charge is -2.24. The van der Waals surface area contributed by atoms with Crippen molar-refractivity contribution in [2.24, 2.45) is 5.92 Å². The first-order valence-electron chi connectivity index (χ1n) is 6.93. The fraction of sp³-hybridized carbons (Fsp3) is 0.222. The highest BCUT2D eigenvalue weighted by Gasteiger charge is 2.17. The third-order valence-corrected chi connectivity index (χ3v) is 3.74. The van der Waals surface area contributed by atoms with Gasteiger partial charge >= 0.3 is 0 Å². The Morgan fingerprint density at radius 2 is 1.95 bits per heavy atom. The van der Waals surface area contributed by atoms with E-state index in [4.69, 9.17) is 0 Å². The van der Waals surface area contributed by atoms with E-state index >= 15 is 0 Å². The van der Waals surface area contributed by atoms with Gasteiger partial charge in [-0.2, -0.15) is 0 Å². The second-order valence-electron chi connectivity index (χ2n) is 5.06. The molecule has 0 saturated carbocycles. The number of allylic oxidation sites excluding steroid dienone is 11. The van der Waals surface area contributed by atoms with Crippen molar-refractivity contribution in [1.82, 2.24) is 5.32 Å². The molecule has 19 heavy (non-hydrogen) atoms. The van der Waals surface area contributed by atoms with Gasteiger partial charge in [0.2, 0.25) is 0 Å². The Balaban J connectivity index is 1.79. The molecular weight excluding hydrogens is 230 g/mol. The monoisotopic (exact) mass is 249 g/mol. The summed E-state index contributed by atoms with van der Waals surface area (Å²) in [5.74, 6) is 0.531. The fourth-order valence-corrected chi connectivity index (χ4v) is 2.66. The van der Waals surface area contributed by atoms with Gasteiger partial charge in [0.15, 0.2) is 0 Å². The summed E-state index contributed by atoms with van der Waals surface area (Å²) in [6, 6.07) is 0.326. The molecule has 2 atom stereocenters. The third kappa shape index (κ3) is 2.87. The van der Waals surface area contributed by atoms with Crippen LogP contribution >= 0.6 is 0 Å². The molecule has 0 saturated heterocycles. The second-order valence-corrected chi connectivity index (χ2v) is 5.06. The maximum atomic E-state index is 3.45. The van der Waals surface area contributed by atoms with Crippen molar-refractivity contribution in [2.75, 3.05) is 0 Å². The topological polar surface area (TPSA) is 12.0 Å². The van der Waals surface area contributed by atoms with E-state index in [1.54, 1.807) is 0 Å². The Morgan fingerprint density at radius 3 is 2.84 bits per heavy atom. The fourth-order valence-electron chi connectivity index (χ4n) is 2.66. The smallest absolute Gasteiger partial charge is 0.0664 e. The molecule has 3 rings (SSSR count). The lowest BCUT2D eigenvalue weighted by Crippen LogP contribution is -2.28. The predicted molar refractivity (Wildman–Crippen MR) is 81.5 cm³/mol. The number of hydrogen-bond acceptors (Lipinski definition) is 1. The van der Waals surface area contributed by atoms with Crippen LogP contribution in [0.3, 0.4) is 0 Å². The highest BCUT2D eigenvalue weighted by Crippen LogP contribution is 2.26. The van der Waals surface area contributed by atoms with Crippen molar-refractivity contribution in [1.29, 1.82) is 0 Å². The highest BCUT2D eigenvalue weighted by atomic mass is 14.9. The molecule has 1 heteroatoms. The first kappa shape index (κ1) is 12.0. The Bertz CT molecular complexity index is 538. The molecule has 2 unspecified atom stereocenters. The molecular formula is C18H19N. The van der Waals surface area contributed by atoms with Gasteiger partial charge in [0.25, 0.3) is 0 Å². The number of dihydropyridines is 1. The standard InChI is InChI=1S/C18H19N/c1-2-5-11-16(10-4-1)18-14-17(12-13-19-18)15-8-6-3-7-9-15/h1-8,10,12-15,18-19H,9,11H2. The molecule has 0 bridgehead atoms. The average molecular weight is 249 g/mol. The summed E-state index contributed by atoms with van der Waals surface area (Å²) in [6.07, 6.45) is 28.4. The van der Waals surface area contributed by atoms with Crippen LogP contribution < -0.4 is 5.32 Å². The van der Waals surface area contributed by atoms with Crippen LogP contribution in [0.5, 0.6) is 0 Å². The molecule has 1 N–H and O–H groups in total. The third-order valence-electron chi connectivity index (χ3n) is 3.74. The summed E-state index contributed by atoms with van der Waals surface area (Å²) in [4.78, 5) is 0. The lowest BCUT2D eigenvalue weighted by molar-refractivity contribution is 0.715. The summed E-state index contributed by atoms with van der Waals surface area (Å²) in [6.45, 7) is 0. The van der Waals surface area contributed by atoms with Crippen molar-refractivity contribution >= 4 is 0 Å². The molecule has 0 fully saturated rings. The minimum absolute atomic E-state index is 0.326. The van der Waals surface area contributed by atoms with E-state index in [1.165, 1.54) is 11.1 Å². The van der Waals surface area contributed by atoms with Gasteiger partial charge in [0.1, 0.15) is 0 Å². The Labute approximate surface area is 115 Å². The SMILES string of the molecule is C1=CC=C(C2C=C(C3C=CC=CC3)C=CN2)CC=C1. The quantitative estimate of drug-likeness (QED) is 0.780. The van der Waals surface area contributed by atoms with E-state index in [9.17, 15) is 0 Å². The zero-order valence-electron chi connectivity index (χ0n) is 11.0. The number of rotatable bonds is 2. The molecule has 0 aromatic rings. The molecule has 1 nitrogen and oxygen atoms in total. The molecule has 0 radical (unpaired) electrons. The van der Waals surface area contributed by atoms with Crippen LogP contribution in [0.2, 0.25) is 0 Å². The maximum absolute atomic E-state index is 3.45. The Hall–Kier alpha value is -2.02. The van der Waals surface area contributed by atoms with Crippen molar-refractivity contribution in [3.8, 4) is 0 Å². The molecule has 2 aliphatic carbocycles. The van der Waals surface area contributed by atoms with Crippen LogP contribution in [-0.4, -0.2) is 6.04 Å². The predicted octanol–water partition coefficient (Wildman–Crippen LogP) is 3.97. The van der Waals surface area contributed by atoms with Gasteiger partial charge in [0.05, 0.1) is 6.04 Å². The van der Waals surface area contributed by atoms with E-state index < -0.39 is 0 Å². The molecule has 0 aromatic heterocycles. The number of nitrogens with one attached hydrogen (secondary N) is 1. The Kier molecular flexibility index (Phi) is 3.64. The summed E-state index contributed by atoms with van der Waals surface area (Å²) < 4.78 is 0. The average Bonchev–Trinajstić information content (AvgIpc) is 2.77. The van der Waals surface area contributed by atoms with E-state index in [1.807, 2.05) is 0 Å². The highest BCUT2D eigenvalue weighted by molar-refractivity contribution is 5.39. The normalized spacial score (nSPS) is 28.6. The van der Waals surface area contributed by atoms with Gasteiger partial charge in [-0.15, -0.1) is 0 Å². The molecule has 0 spiro atoms. The van der Waals surface area contributed by atoms with Crippen LogP contribution in [0.4, 0.5) is 0 Å². The van der Waals surface area contributed by atoms with Gasteiger partial charge in [-0.3, -0.25) is 0 Å². The van der Waals surface area contributed by atoms with Crippen molar-refractivity contribution < 1.29 is 0 Å². The van der Waals surface area contributed by atoms with Crippen LogP contribution in [0.15, 0.2) is 84.2 Å². The van der Waals surface area contributed by atoms with Crippen LogP contribution in [0, 0.1) is 5.92 Å². The summed E-state index contributed by atoms with van der Waals surface area (Å²) in [5.41, 5.74) is 2.84. The van der Waals surface area contributed by atoms with Crippen molar-refractivity contribution in [2.45, 2.75) is 18.9 Å². The van der Waals surface area contributed by atoms with E-state index in [2.05, 4.69) is 78.4 Å². The zero-order valence-corrected chi connectivity index (χ0v) is 11.0. The van der Waals surface area contributed by atoms with E-state index in [-0.39, 0.29) is 0 Å². The molecule has 3 aliphatic rings. The lowest BCUT2D eigenvalue weighted by atomic mass is 9.88. The van der Waals surface area contributed by atoms with Crippen LogP contribution in [0.1, 0.15) is 12.8 Å². The van der Waals surface area contributed by atoms with Gasteiger partial charge < -0.3 is 5.32 Å². The van der Waals surface area contributed by atoms with Crippen molar-refractivity contribution in [3.05, 3.63) is 84.2 Å². The second kappa shape index (κ2) is 5.75. The molecule has 0 amide bonds. The largest absolute Gasteiger partial charge is 0.381 e. The van der Waals surface area contributed by atoms with E-state index in [0.29, 0.717) is 12.0 Å². The molecule has 0 aromatic carbocycles. The summed E-state index contributed by atoms with van der Waals surface area (Å²) >= 11 is 0. The molecule has 96 valence electrons. The maximum Gasteiger partial charge on any atom is 0.0664 e. The molecule has 1 heterocycles. The number of hydrogen-bond donors (Lipinski definition) is 1. The first-order chi connectivity index (χ1) is 9.43. The van der Waals surface area contributed by atoms with Gasteiger partial charge in [-0.05, 0) is 36.3 Å². The summed E-state index contributed by atoms with van der Waals surface area (Å²) in [7, 11) is 0. The summed E-state index contributed by atoms with van der Waals surface area (Å²) in [5, 5.41) is 3.45. The van der Waals surface area contributed by atoms with E-state index in [0.717, 1.165) is 12.8 Å². The Morgan fingerprint density at radius 1 is 1.00 bits per heavy atom. The first-order valence-corrected chi connectivity index (χ1v) is 6.93. The van der Waals surface area contributed by atoms with Gasteiger partial charge in [-0.25, -0.2) is 0 Å². The zero-order chi connectivity index (χ0) is 12.9. The van der Waals surface area contributed by atoms with Crippen LogP contribution in [-0.2, 0) is 0 Å². The minimum Gasteiger partial charge on any atom is -0.381 e.